The van der Waals surface area contributed by atoms with Crippen molar-refractivity contribution in [3.05, 3.63) is 80.0 Å². The number of ether oxygens (including phenoxy) is 2. The van der Waals surface area contributed by atoms with E-state index in [4.69, 9.17) is 14.5 Å². The first-order valence-corrected chi connectivity index (χ1v) is 11.8. The summed E-state index contributed by atoms with van der Waals surface area (Å²) < 4.78 is 45.7. The van der Waals surface area contributed by atoms with E-state index in [1.165, 1.54) is 28.1 Å². The zero-order valence-electron chi connectivity index (χ0n) is 18.3. The minimum Gasteiger partial charge on any atom is -0.373 e. The number of aromatic nitrogens is 4. The van der Waals surface area contributed by atoms with Gasteiger partial charge in [0.15, 0.2) is 5.65 Å². The third-order valence-electron chi connectivity index (χ3n) is 6.35. The molecule has 5 heterocycles. The Morgan fingerprint density at radius 1 is 1.18 bits per heavy atom. The number of benzene rings is 1. The maximum absolute atomic E-state index is 14.9. The zero-order valence-corrected chi connectivity index (χ0v) is 19.1. The van der Waals surface area contributed by atoms with Crippen molar-refractivity contribution in [2.45, 2.75) is 45.0 Å². The lowest BCUT2D eigenvalue weighted by Gasteiger charge is -2.29. The molecular formula is C24H20F2N4O3S. The molecular weight excluding hydrogens is 462 g/mol. The van der Waals surface area contributed by atoms with Crippen LogP contribution in [0.5, 0.6) is 0 Å². The molecule has 10 heteroatoms. The van der Waals surface area contributed by atoms with E-state index in [1.54, 1.807) is 6.20 Å². The molecule has 2 unspecified atom stereocenters. The van der Waals surface area contributed by atoms with Crippen molar-refractivity contribution in [1.82, 2.24) is 18.7 Å². The summed E-state index contributed by atoms with van der Waals surface area (Å²) in [5, 5.41) is 0. The van der Waals surface area contributed by atoms with Gasteiger partial charge in [-0.1, -0.05) is 0 Å². The van der Waals surface area contributed by atoms with Crippen molar-refractivity contribution < 1.29 is 18.3 Å². The molecule has 0 saturated carbocycles. The van der Waals surface area contributed by atoms with Gasteiger partial charge in [-0.05, 0) is 49.5 Å². The number of nitrogens with zero attached hydrogens (tertiary/aromatic N) is 4. The molecule has 6 rings (SSSR count). The van der Waals surface area contributed by atoms with Crippen LogP contribution in [0.1, 0.15) is 52.4 Å². The SMILES string of the molecule is Cc1cc(C2CC(c3cn4c(=O)c5c(nc4c(-c4ccc(F)cc4F)n3)COC5)CCO2)sn1. The van der Waals surface area contributed by atoms with E-state index in [0.29, 0.717) is 36.4 Å². The summed E-state index contributed by atoms with van der Waals surface area (Å²) in [4.78, 5) is 23.7. The van der Waals surface area contributed by atoms with Crippen molar-refractivity contribution in [1.29, 1.82) is 0 Å². The molecule has 7 nitrogen and oxygen atoms in total. The Kier molecular flexibility index (Phi) is 5.23. The maximum atomic E-state index is 14.9. The van der Waals surface area contributed by atoms with Gasteiger partial charge in [0.05, 0.1) is 46.8 Å². The minimum atomic E-state index is -0.762. The van der Waals surface area contributed by atoms with E-state index in [-0.39, 0.29) is 47.7 Å². The van der Waals surface area contributed by atoms with E-state index in [9.17, 15) is 13.6 Å². The summed E-state index contributed by atoms with van der Waals surface area (Å²) in [5.74, 6) is -1.47. The molecule has 1 saturated heterocycles. The third kappa shape index (κ3) is 3.62. The fourth-order valence-electron chi connectivity index (χ4n) is 4.61. The highest BCUT2D eigenvalue weighted by Gasteiger charge is 2.30. The van der Waals surface area contributed by atoms with Crippen LogP contribution < -0.4 is 5.56 Å². The van der Waals surface area contributed by atoms with Gasteiger partial charge < -0.3 is 9.47 Å². The minimum absolute atomic E-state index is 0.0239. The van der Waals surface area contributed by atoms with Crippen molar-refractivity contribution in [3.8, 4) is 11.3 Å². The average molecular weight is 483 g/mol. The second-order valence-corrected chi connectivity index (χ2v) is 9.46. The Morgan fingerprint density at radius 3 is 2.85 bits per heavy atom. The molecule has 3 aromatic heterocycles. The summed E-state index contributed by atoms with van der Waals surface area (Å²) in [6.07, 6.45) is 2.92. The van der Waals surface area contributed by atoms with E-state index >= 15 is 0 Å². The van der Waals surface area contributed by atoms with Gasteiger partial charge in [0.2, 0.25) is 0 Å². The molecule has 0 amide bonds. The average Bonchev–Trinajstić information content (AvgIpc) is 3.48. The molecule has 34 heavy (non-hydrogen) atoms. The highest BCUT2D eigenvalue weighted by molar-refractivity contribution is 7.05. The van der Waals surface area contributed by atoms with Crippen molar-refractivity contribution >= 4 is 17.2 Å². The molecule has 2 aliphatic rings. The molecule has 0 radical (unpaired) electrons. The molecule has 0 bridgehead atoms. The van der Waals surface area contributed by atoms with Gasteiger partial charge in [-0.3, -0.25) is 9.20 Å². The van der Waals surface area contributed by atoms with Gasteiger partial charge in [0, 0.05) is 30.4 Å². The van der Waals surface area contributed by atoms with Gasteiger partial charge in [-0.25, -0.2) is 18.7 Å². The zero-order chi connectivity index (χ0) is 23.4. The Bertz CT molecular complexity index is 1490. The predicted octanol–water partition coefficient (Wildman–Crippen LogP) is 4.47. The predicted molar refractivity (Wildman–Crippen MR) is 121 cm³/mol. The van der Waals surface area contributed by atoms with Crippen LogP contribution in [0.3, 0.4) is 0 Å². The number of rotatable bonds is 3. The van der Waals surface area contributed by atoms with Gasteiger partial charge in [0.1, 0.15) is 17.3 Å². The van der Waals surface area contributed by atoms with Crippen LogP contribution in [-0.4, -0.2) is 25.3 Å². The van der Waals surface area contributed by atoms with Gasteiger partial charge in [-0.2, -0.15) is 4.37 Å². The lowest BCUT2D eigenvalue weighted by atomic mass is 9.91. The van der Waals surface area contributed by atoms with E-state index in [2.05, 4.69) is 9.36 Å². The monoisotopic (exact) mass is 482 g/mol. The Balaban J connectivity index is 1.52. The van der Waals surface area contributed by atoms with Crippen LogP contribution in [0.25, 0.3) is 16.9 Å². The van der Waals surface area contributed by atoms with Crippen LogP contribution in [0.4, 0.5) is 8.78 Å². The molecule has 174 valence electrons. The lowest BCUT2D eigenvalue weighted by Crippen LogP contribution is -2.24. The fraction of sp³-hybridized carbons (Fsp3) is 0.333. The molecule has 0 spiro atoms. The number of hydrogen-bond acceptors (Lipinski definition) is 7. The third-order valence-corrected chi connectivity index (χ3v) is 7.32. The highest BCUT2D eigenvalue weighted by Crippen LogP contribution is 2.39. The summed E-state index contributed by atoms with van der Waals surface area (Å²) >= 11 is 1.42. The first-order chi connectivity index (χ1) is 16.5. The van der Waals surface area contributed by atoms with Crippen molar-refractivity contribution in [2.75, 3.05) is 6.61 Å². The van der Waals surface area contributed by atoms with Crippen LogP contribution >= 0.6 is 11.5 Å². The normalized spacial score (nSPS) is 20.1. The quantitative estimate of drug-likeness (QED) is 0.429. The molecule has 2 atom stereocenters. The Labute approximate surface area is 197 Å². The summed E-state index contributed by atoms with van der Waals surface area (Å²) in [6.45, 7) is 2.86. The summed E-state index contributed by atoms with van der Waals surface area (Å²) in [7, 11) is 0. The van der Waals surface area contributed by atoms with E-state index in [0.717, 1.165) is 16.6 Å². The van der Waals surface area contributed by atoms with Crippen molar-refractivity contribution in [3.63, 3.8) is 0 Å². The van der Waals surface area contributed by atoms with Crippen LogP contribution in [0, 0.1) is 18.6 Å². The smallest absolute Gasteiger partial charge is 0.263 e. The maximum Gasteiger partial charge on any atom is 0.263 e. The second kappa shape index (κ2) is 8.30. The molecule has 4 aromatic rings. The van der Waals surface area contributed by atoms with Crippen LogP contribution in [0.15, 0.2) is 35.3 Å². The van der Waals surface area contributed by atoms with Gasteiger partial charge in [0.25, 0.3) is 5.56 Å². The van der Waals surface area contributed by atoms with Crippen LogP contribution in [-0.2, 0) is 22.7 Å². The second-order valence-electron chi connectivity index (χ2n) is 8.62. The molecule has 1 fully saturated rings. The fourth-order valence-corrected chi connectivity index (χ4v) is 5.42. The largest absolute Gasteiger partial charge is 0.373 e. The number of aryl methyl sites for hydroxylation is 1. The topological polar surface area (TPSA) is 78.6 Å². The summed E-state index contributed by atoms with van der Waals surface area (Å²) in [6, 6.07) is 5.34. The Hall–Kier alpha value is -3.08. The molecule has 2 aliphatic heterocycles. The van der Waals surface area contributed by atoms with Gasteiger partial charge in [-0.15, -0.1) is 0 Å². The lowest BCUT2D eigenvalue weighted by molar-refractivity contribution is 0.00674. The van der Waals surface area contributed by atoms with E-state index in [1.807, 2.05) is 13.0 Å². The Morgan fingerprint density at radius 2 is 2.06 bits per heavy atom. The van der Waals surface area contributed by atoms with E-state index < -0.39 is 11.6 Å². The number of fused-ring (bicyclic) bond motifs is 2. The number of halogens is 2. The first-order valence-electron chi connectivity index (χ1n) is 11.0. The van der Waals surface area contributed by atoms with Crippen molar-refractivity contribution in [2.24, 2.45) is 0 Å². The molecule has 1 aromatic carbocycles. The standard InChI is InChI=1S/C24H20F2N4O3S/c1-12-6-21(34-29-12)20-7-13(4-5-33-20)18-9-30-23(28-19-11-32-10-16(19)24(30)31)22(27-18)15-3-2-14(25)8-17(15)26/h2-3,6,8-9,13,20H,4-5,7,10-11H2,1H3. The van der Waals surface area contributed by atoms with Crippen LogP contribution in [0.2, 0.25) is 0 Å². The number of hydrogen-bond donors (Lipinski definition) is 0. The highest BCUT2D eigenvalue weighted by atomic mass is 32.1. The van der Waals surface area contributed by atoms with Gasteiger partial charge >= 0.3 is 0 Å². The first kappa shape index (κ1) is 21.5. The summed E-state index contributed by atoms with van der Waals surface area (Å²) in [5.41, 5.74) is 2.87. The molecule has 0 N–H and O–H groups in total. The molecule has 0 aliphatic carbocycles.